The first-order chi connectivity index (χ1) is 8.99. The second kappa shape index (κ2) is 5.71. The molecule has 1 aromatic carbocycles. The topological polar surface area (TPSA) is 60.9 Å². The van der Waals surface area contributed by atoms with Gasteiger partial charge in [0.25, 0.3) is 5.78 Å². The van der Waals surface area contributed by atoms with Gasteiger partial charge in [-0.2, -0.15) is 0 Å². The predicted molar refractivity (Wildman–Crippen MR) is 75.8 cm³/mol. The van der Waals surface area contributed by atoms with Gasteiger partial charge >= 0.3 is 5.97 Å². The molecule has 6 heteroatoms. The summed E-state index contributed by atoms with van der Waals surface area (Å²) in [4.78, 5) is 26.5. The van der Waals surface area contributed by atoms with Gasteiger partial charge in [-0.3, -0.25) is 4.79 Å². The lowest BCUT2D eigenvalue weighted by atomic mass is 10.1. The lowest BCUT2D eigenvalue weighted by Gasteiger charge is -2.34. The zero-order valence-electron chi connectivity index (χ0n) is 10.6. The predicted octanol–water partition coefficient (Wildman–Crippen LogP) is 1.47. The average molecular weight is 327 g/mol. The van der Waals surface area contributed by atoms with E-state index in [-0.39, 0.29) is 5.56 Å². The van der Waals surface area contributed by atoms with Crippen molar-refractivity contribution in [2.24, 2.45) is 0 Å². The number of hydrogen-bond donors (Lipinski definition) is 1. The van der Waals surface area contributed by atoms with Crippen molar-refractivity contribution in [2.75, 3.05) is 38.1 Å². The van der Waals surface area contributed by atoms with Crippen molar-refractivity contribution < 1.29 is 14.7 Å². The Morgan fingerprint density at radius 3 is 2.37 bits per heavy atom. The molecular weight excluding hydrogens is 312 g/mol. The molecule has 0 unspecified atom stereocenters. The maximum Gasteiger partial charge on any atom is 0.377 e. The molecule has 1 aliphatic rings. The van der Waals surface area contributed by atoms with Gasteiger partial charge in [0.05, 0.1) is 5.69 Å². The Morgan fingerprint density at radius 1 is 1.21 bits per heavy atom. The number of nitrogens with zero attached hydrogens (tertiary/aromatic N) is 2. The van der Waals surface area contributed by atoms with Crippen LogP contribution in [0.4, 0.5) is 5.69 Å². The Balaban J connectivity index is 2.20. The van der Waals surface area contributed by atoms with Gasteiger partial charge in [-0.05, 0) is 41.2 Å². The van der Waals surface area contributed by atoms with Crippen molar-refractivity contribution in [3.05, 3.63) is 28.2 Å². The Labute approximate surface area is 119 Å². The van der Waals surface area contributed by atoms with Crippen molar-refractivity contribution in [3.8, 4) is 0 Å². The molecular formula is C13H15BrN2O3. The second-order valence-corrected chi connectivity index (χ2v) is 5.45. The fraction of sp³-hybridized carbons (Fsp3) is 0.385. The van der Waals surface area contributed by atoms with Crippen molar-refractivity contribution in [1.29, 1.82) is 0 Å². The third-order valence-electron chi connectivity index (χ3n) is 3.25. The molecule has 2 rings (SSSR count). The van der Waals surface area contributed by atoms with Gasteiger partial charge in [0.2, 0.25) is 0 Å². The fourth-order valence-electron chi connectivity index (χ4n) is 2.08. The Bertz CT molecular complexity index is 511. The molecule has 0 saturated carbocycles. The second-order valence-electron chi connectivity index (χ2n) is 4.59. The first kappa shape index (κ1) is 14.0. The van der Waals surface area contributed by atoms with Crippen LogP contribution >= 0.6 is 15.9 Å². The molecule has 0 spiro atoms. The number of hydrogen-bond acceptors (Lipinski definition) is 4. The molecule has 102 valence electrons. The van der Waals surface area contributed by atoms with Crippen LogP contribution in [0.25, 0.3) is 0 Å². The molecule has 0 atom stereocenters. The summed E-state index contributed by atoms with van der Waals surface area (Å²) in [6.45, 7) is 3.81. The highest BCUT2D eigenvalue weighted by atomic mass is 79.9. The molecule has 0 bridgehead atoms. The zero-order chi connectivity index (χ0) is 14.0. The van der Waals surface area contributed by atoms with E-state index < -0.39 is 11.8 Å². The van der Waals surface area contributed by atoms with Crippen LogP contribution < -0.4 is 4.90 Å². The summed E-state index contributed by atoms with van der Waals surface area (Å²) in [5, 5.41) is 8.69. The maximum atomic E-state index is 11.4. The van der Waals surface area contributed by atoms with Gasteiger partial charge < -0.3 is 14.9 Å². The van der Waals surface area contributed by atoms with Gasteiger partial charge in [0.1, 0.15) is 0 Å². The van der Waals surface area contributed by atoms with E-state index in [2.05, 4.69) is 32.8 Å². The van der Waals surface area contributed by atoms with Crippen LogP contribution in [0.1, 0.15) is 10.4 Å². The smallest absolute Gasteiger partial charge is 0.377 e. The first-order valence-corrected chi connectivity index (χ1v) is 6.79. The summed E-state index contributed by atoms with van der Waals surface area (Å²) in [7, 11) is 2.08. The molecule has 1 heterocycles. The summed E-state index contributed by atoms with van der Waals surface area (Å²) >= 11 is 3.41. The molecule has 1 aliphatic heterocycles. The summed E-state index contributed by atoms with van der Waals surface area (Å²) in [5.41, 5.74) is 1.19. The number of carboxylic acid groups (broad SMARTS) is 1. The van der Waals surface area contributed by atoms with Crippen LogP contribution in [0, 0.1) is 0 Å². The van der Waals surface area contributed by atoms with Gasteiger partial charge in [-0.25, -0.2) is 4.79 Å². The molecule has 0 aliphatic carbocycles. The number of piperazine rings is 1. The summed E-state index contributed by atoms with van der Waals surface area (Å²) < 4.78 is 0.754. The molecule has 1 aromatic rings. The number of Topliss-reactive ketones (excluding diaryl/α,β-unsaturated/α-hetero) is 1. The quantitative estimate of drug-likeness (QED) is 0.673. The summed E-state index contributed by atoms with van der Waals surface area (Å²) in [6.07, 6.45) is 0. The number of likely N-dealkylation sites (N-methyl/N-ethyl adjacent to an activating group) is 1. The Kier molecular flexibility index (Phi) is 4.21. The molecule has 19 heavy (non-hydrogen) atoms. The Hall–Kier alpha value is -1.40. The van der Waals surface area contributed by atoms with Crippen molar-refractivity contribution in [1.82, 2.24) is 4.90 Å². The number of ketones is 1. The minimum Gasteiger partial charge on any atom is -0.475 e. The van der Waals surface area contributed by atoms with Gasteiger partial charge in [0, 0.05) is 36.2 Å². The molecule has 1 fully saturated rings. The van der Waals surface area contributed by atoms with Crippen LogP contribution in [0.15, 0.2) is 22.7 Å². The monoisotopic (exact) mass is 326 g/mol. The van der Waals surface area contributed by atoms with E-state index in [1.165, 1.54) is 0 Å². The van der Waals surface area contributed by atoms with Crippen molar-refractivity contribution in [2.45, 2.75) is 0 Å². The summed E-state index contributed by atoms with van der Waals surface area (Å²) in [5.74, 6) is -2.31. The van der Waals surface area contributed by atoms with Crippen LogP contribution in [-0.4, -0.2) is 55.0 Å². The van der Waals surface area contributed by atoms with Crippen molar-refractivity contribution in [3.63, 3.8) is 0 Å². The van der Waals surface area contributed by atoms with E-state index in [4.69, 9.17) is 5.11 Å². The maximum absolute atomic E-state index is 11.4. The number of aliphatic carboxylic acids is 1. The number of carbonyl (C=O) groups is 2. The number of carbonyl (C=O) groups excluding carboxylic acids is 1. The van der Waals surface area contributed by atoms with E-state index in [1.54, 1.807) is 18.2 Å². The van der Waals surface area contributed by atoms with Crippen molar-refractivity contribution >= 4 is 33.4 Å². The van der Waals surface area contributed by atoms with E-state index in [9.17, 15) is 9.59 Å². The highest BCUT2D eigenvalue weighted by Crippen LogP contribution is 2.28. The average Bonchev–Trinajstić information content (AvgIpc) is 2.39. The first-order valence-electron chi connectivity index (χ1n) is 5.99. The highest BCUT2D eigenvalue weighted by molar-refractivity contribution is 9.10. The van der Waals surface area contributed by atoms with Gasteiger partial charge in [0.15, 0.2) is 0 Å². The van der Waals surface area contributed by atoms with Crippen LogP contribution in [0.2, 0.25) is 0 Å². The number of halogens is 1. The SMILES string of the molecule is CN1CCN(c2ccc(C(=O)C(=O)O)cc2Br)CC1. The number of carboxylic acids is 1. The zero-order valence-corrected chi connectivity index (χ0v) is 12.2. The molecule has 1 N–H and O–H groups in total. The molecule has 0 aromatic heterocycles. The third-order valence-corrected chi connectivity index (χ3v) is 3.88. The molecule has 5 nitrogen and oxygen atoms in total. The van der Waals surface area contributed by atoms with Gasteiger partial charge in [-0.15, -0.1) is 0 Å². The summed E-state index contributed by atoms with van der Waals surface area (Å²) in [6, 6.07) is 4.94. The van der Waals surface area contributed by atoms with E-state index in [1.807, 2.05) is 0 Å². The normalized spacial score (nSPS) is 16.4. The fourth-order valence-corrected chi connectivity index (χ4v) is 2.70. The van der Waals surface area contributed by atoms with E-state index in [0.717, 1.165) is 36.3 Å². The van der Waals surface area contributed by atoms with Gasteiger partial charge in [-0.1, -0.05) is 0 Å². The highest BCUT2D eigenvalue weighted by Gasteiger charge is 2.19. The number of rotatable bonds is 3. The minimum atomic E-state index is -1.43. The lowest BCUT2D eigenvalue weighted by molar-refractivity contribution is -0.131. The molecule has 0 radical (unpaired) electrons. The largest absolute Gasteiger partial charge is 0.475 e. The molecule has 1 saturated heterocycles. The van der Waals surface area contributed by atoms with E-state index >= 15 is 0 Å². The van der Waals surface area contributed by atoms with Crippen LogP contribution in [0.3, 0.4) is 0 Å². The number of anilines is 1. The lowest BCUT2D eigenvalue weighted by Crippen LogP contribution is -2.44. The van der Waals surface area contributed by atoms with Crippen LogP contribution in [-0.2, 0) is 4.79 Å². The van der Waals surface area contributed by atoms with Crippen LogP contribution in [0.5, 0.6) is 0 Å². The molecule has 0 amide bonds. The number of benzene rings is 1. The standard InChI is InChI=1S/C13H15BrN2O3/c1-15-4-6-16(7-5-15)11-3-2-9(8-10(11)14)12(17)13(18)19/h2-3,8H,4-7H2,1H3,(H,18,19). The third kappa shape index (κ3) is 3.13. The van der Waals surface area contributed by atoms with E-state index in [0.29, 0.717) is 0 Å². The minimum absolute atomic E-state index is 0.192. The Morgan fingerprint density at radius 2 is 1.84 bits per heavy atom.